The summed E-state index contributed by atoms with van der Waals surface area (Å²) in [5, 5.41) is 6.15. The van der Waals surface area contributed by atoms with Crippen LogP contribution in [0.1, 0.15) is 39.5 Å². The Kier molecular flexibility index (Phi) is 5.50. The van der Waals surface area contributed by atoms with Gasteiger partial charge in [0.15, 0.2) is 0 Å². The summed E-state index contributed by atoms with van der Waals surface area (Å²) in [4.78, 5) is 21.1. The van der Waals surface area contributed by atoms with E-state index < -0.39 is 0 Å². The minimum absolute atomic E-state index is 0.211. The van der Waals surface area contributed by atoms with Gasteiger partial charge in [0.2, 0.25) is 5.95 Å². The number of hydrogen-bond acceptors (Lipinski definition) is 4. The fourth-order valence-corrected chi connectivity index (χ4v) is 2.85. The van der Waals surface area contributed by atoms with Gasteiger partial charge in [0.05, 0.1) is 5.56 Å². The Morgan fingerprint density at radius 3 is 2.37 bits per heavy atom. The second-order valence-corrected chi connectivity index (χ2v) is 6.64. The van der Waals surface area contributed by atoms with Gasteiger partial charge in [-0.25, -0.2) is 9.97 Å². The number of rotatable bonds is 5. The molecule has 0 saturated carbocycles. The summed E-state index contributed by atoms with van der Waals surface area (Å²) in [5.41, 5.74) is 6.78. The number of anilines is 3. The van der Waals surface area contributed by atoms with Gasteiger partial charge in [0.1, 0.15) is 0 Å². The van der Waals surface area contributed by atoms with Gasteiger partial charge in [-0.2, -0.15) is 0 Å². The first-order valence-electron chi connectivity index (χ1n) is 9.04. The molecule has 3 rings (SSSR count). The molecule has 0 aliphatic carbocycles. The van der Waals surface area contributed by atoms with Crippen LogP contribution in [0.15, 0.2) is 48.8 Å². The van der Waals surface area contributed by atoms with Crippen LogP contribution in [0.2, 0.25) is 0 Å². The number of para-hydroxylation sites is 1. The van der Waals surface area contributed by atoms with Gasteiger partial charge in [-0.15, -0.1) is 0 Å². The Morgan fingerprint density at radius 2 is 1.70 bits per heavy atom. The smallest absolute Gasteiger partial charge is 0.258 e. The number of aromatic nitrogens is 2. The van der Waals surface area contributed by atoms with E-state index in [0.29, 0.717) is 11.5 Å². The highest BCUT2D eigenvalue weighted by Crippen LogP contribution is 2.22. The van der Waals surface area contributed by atoms with E-state index in [1.54, 1.807) is 0 Å². The Labute approximate surface area is 159 Å². The minimum Gasteiger partial charge on any atom is -0.324 e. The van der Waals surface area contributed by atoms with Gasteiger partial charge in [-0.3, -0.25) is 4.79 Å². The van der Waals surface area contributed by atoms with E-state index in [-0.39, 0.29) is 5.91 Å². The first kappa shape index (κ1) is 18.6. The lowest BCUT2D eigenvalue weighted by Gasteiger charge is -2.13. The second kappa shape index (κ2) is 7.99. The molecule has 0 spiro atoms. The van der Waals surface area contributed by atoms with E-state index >= 15 is 0 Å². The summed E-state index contributed by atoms with van der Waals surface area (Å²) >= 11 is 0. The average Bonchev–Trinajstić information content (AvgIpc) is 2.67. The lowest BCUT2D eigenvalue weighted by atomic mass is 10.1. The van der Waals surface area contributed by atoms with Crippen molar-refractivity contribution in [3.05, 3.63) is 76.6 Å². The van der Waals surface area contributed by atoms with Crippen LogP contribution in [0, 0.1) is 20.8 Å². The van der Waals surface area contributed by atoms with E-state index in [1.165, 1.54) is 23.5 Å². The van der Waals surface area contributed by atoms with Crippen LogP contribution in [-0.2, 0) is 6.42 Å². The van der Waals surface area contributed by atoms with Crippen molar-refractivity contribution in [3.8, 4) is 0 Å². The third-order valence-corrected chi connectivity index (χ3v) is 4.66. The van der Waals surface area contributed by atoms with E-state index in [9.17, 15) is 4.79 Å². The number of aryl methyl sites for hydroxylation is 4. The zero-order chi connectivity index (χ0) is 19.4. The number of carbonyl (C=O) groups is 1. The molecule has 3 aromatic rings. The van der Waals surface area contributed by atoms with Crippen LogP contribution in [0.4, 0.5) is 17.3 Å². The Bertz CT molecular complexity index is 965. The minimum atomic E-state index is -0.211. The number of carbonyl (C=O) groups excluding carboxylic acids is 1. The topological polar surface area (TPSA) is 66.9 Å². The number of benzene rings is 2. The van der Waals surface area contributed by atoms with Crippen molar-refractivity contribution >= 4 is 23.2 Å². The molecular weight excluding hydrogens is 336 g/mol. The fraction of sp³-hybridized carbons (Fsp3) is 0.227. The second-order valence-electron chi connectivity index (χ2n) is 6.64. The standard InChI is InChI=1S/C22H24N4O/c1-5-17-8-6-7-15(3)20(17)26-21(27)18-12-23-22(24-13-18)25-19-10-9-14(2)16(4)11-19/h6-13H,5H2,1-4H3,(H,26,27)(H,23,24,25). The summed E-state index contributed by atoms with van der Waals surface area (Å²) in [7, 11) is 0. The Balaban J connectivity index is 1.73. The van der Waals surface area contributed by atoms with Gasteiger partial charge < -0.3 is 10.6 Å². The van der Waals surface area contributed by atoms with Crippen molar-refractivity contribution in [2.24, 2.45) is 0 Å². The van der Waals surface area contributed by atoms with E-state index in [1.807, 2.05) is 43.3 Å². The van der Waals surface area contributed by atoms with Crippen LogP contribution in [0.3, 0.4) is 0 Å². The van der Waals surface area contributed by atoms with Crippen molar-refractivity contribution in [2.45, 2.75) is 34.1 Å². The van der Waals surface area contributed by atoms with Gasteiger partial charge in [-0.05, 0) is 61.6 Å². The molecule has 0 radical (unpaired) electrons. The zero-order valence-corrected chi connectivity index (χ0v) is 16.1. The lowest BCUT2D eigenvalue weighted by Crippen LogP contribution is -2.15. The molecule has 1 aromatic heterocycles. The molecular formula is C22H24N4O. The molecule has 0 saturated heterocycles. The fourth-order valence-electron chi connectivity index (χ4n) is 2.85. The van der Waals surface area contributed by atoms with Crippen molar-refractivity contribution < 1.29 is 4.79 Å². The third kappa shape index (κ3) is 4.31. The van der Waals surface area contributed by atoms with Crippen molar-refractivity contribution in [3.63, 3.8) is 0 Å². The molecule has 2 N–H and O–H groups in total. The van der Waals surface area contributed by atoms with Crippen LogP contribution in [0.25, 0.3) is 0 Å². The first-order chi connectivity index (χ1) is 13.0. The maximum atomic E-state index is 12.6. The van der Waals surface area contributed by atoms with Crippen LogP contribution >= 0.6 is 0 Å². The molecule has 138 valence electrons. The highest BCUT2D eigenvalue weighted by atomic mass is 16.1. The molecule has 0 aliphatic rings. The number of hydrogen-bond donors (Lipinski definition) is 2. The predicted molar refractivity (Wildman–Crippen MR) is 110 cm³/mol. The van der Waals surface area contributed by atoms with E-state index in [2.05, 4.69) is 41.4 Å². The molecule has 0 bridgehead atoms. The molecule has 5 heteroatoms. The highest BCUT2D eigenvalue weighted by molar-refractivity contribution is 6.04. The molecule has 5 nitrogen and oxygen atoms in total. The molecule has 0 atom stereocenters. The Hall–Kier alpha value is -3.21. The third-order valence-electron chi connectivity index (χ3n) is 4.66. The molecule has 27 heavy (non-hydrogen) atoms. The van der Waals surface area contributed by atoms with Gasteiger partial charge in [0.25, 0.3) is 5.91 Å². The summed E-state index contributed by atoms with van der Waals surface area (Å²) in [5.74, 6) is 0.247. The van der Waals surface area contributed by atoms with E-state index in [4.69, 9.17) is 0 Å². The largest absolute Gasteiger partial charge is 0.324 e. The highest BCUT2D eigenvalue weighted by Gasteiger charge is 2.12. The average molecular weight is 360 g/mol. The molecule has 1 amide bonds. The predicted octanol–water partition coefficient (Wildman–Crippen LogP) is 4.96. The van der Waals surface area contributed by atoms with Gasteiger partial charge in [0, 0.05) is 23.8 Å². The number of amides is 1. The van der Waals surface area contributed by atoms with Gasteiger partial charge >= 0.3 is 0 Å². The maximum absolute atomic E-state index is 12.6. The Morgan fingerprint density at radius 1 is 0.963 bits per heavy atom. The molecule has 2 aromatic carbocycles. The van der Waals surface area contributed by atoms with Crippen molar-refractivity contribution in [1.29, 1.82) is 0 Å². The SMILES string of the molecule is CCc1cccc(C)c1NC(=O)c1cnc(Nc2ccc(C)c(C)c2)nc1. The lowest BCUT2D eigenvalue weighted by molar-refractivity contribution is 0.102. The quantitative estimate of drug-likeness (QED) is 0.675. The summed E-state index contributed by atoms with van der Waals surface area (Å²) in [6, 6.07) is 12.1. The number of nitrogens with zero attached hydrogens (tertiary/aromatic N) is 2. The van der Waals surface area contributed by atoms with Crippen molar-refractivity contribution in [2.75, 3.05) is 10.6 Å². The van der Waals surface area contributed by atoms with Crippen LogP contribution < -0.4 is 10.6 Å². The van der Waals surface area contributed by atoms with Gasteiger partial charge in [-0.1, -0.05) is 31.2 Å². The number of nitrogens with one attached hydrogen (secondary N) is 2. The monoisotopic (exact) mass is 360 g/mol. The summed E-state index contributed by atoms with van der Waals surface area (Å²) in [6.45, 7) is 8.19. The van der Waals surface area contributed by atoms with Crippen LogP contribution in [-0.4, -0.2) is 15.9 Å². The summed E-state index contributed by atoms with van der Waals surface area (Å²) in [6.07, 6.45) is 3.93. The molecule has 0 fully saturated rings. The molecule has 1 heterocycles. The molecule has 0 unspecified atom stereocenters. The zero-order valence-electron chi connectivity index (χ0n) is 16.1. The maximum Gasteiger partial charge on any atom is 0.258 e. The first-order valence-corrected chi connectivity index (χ1v) is 9.04. The van der Waals surface area contributed by atoms with E-state index in [0.717, 1.165) is 28.9 Å². The summed E-state index contributed by atoms with van der Waals surface area (Å²) < 4.78 is 0. The normalized spacial score (nSPS) is 10.5. The van der Waals surface area contributed by atoms with Crippen molar-refractivity contribution in [1.82, 2.24) is 9.97 Å². The van der Waals surface area contributed by atoms with Crippen LogP contribution in [0.5, 0.6) is 0 Å². The molecule has 0 aliphatic heterocycles.